The van der Waals surface area contributed by atoms with Gasteiger partial charge in [-0.1, -0.05) is 12.1 Å². The molecule has 0 saturated carbocycles. The Hall–Kier alpha value is -3.07. The Balaban J connectivity index is 1.91. The van der Waals surface area contributed by atoms with E-state index in [4.69, 9.17) is 4.74 Å². The lowest BCUT2D eigenvalue weighted by molar-refractivity contribution is 0.208. The van der Waals surface area contributed by atoms with Crippen LogP contribution in [0.2, 0.25) is 0 Å². The predicted octanol–water partition coefficient (Wildman–Crippen LogP) is 1.97. The van der Waals surface area contributed by atoms with Gasteiger partial charge in [0.2, 0.25) is 5.95 Å². The first kappa shape index (κ1) is 18.7. The number of aliphatic hydroxyl groups is 1. The number of phenols is 1. The number of ether oxygens (including phenoxy) is 1. The third kappa shape index (κ3) is 4.03. The number of hydrogen-bond donors (Lipinski definition) is 4. The highest BCUT2D eigenvalue weighted by Crippen LogP contribution is 2.30. The number of methoxy groups -OCH3 is 1. The fraction of sp³-hybridized carbons (Fsp3) is 0.389. The van der Waals surface area contributed by atoms with Gasteiger partial charge in [0, 0.05) is 25.2 Å². The highest BCUT2D eigenvalue weighted by atomic mass is 16.5. The van der Waals surface area contributed by atoms with Crippen LogP contribution in [0.15, 0.2) is 24.5 Å². The quantitative estimate of drug-likeness (QED) is 0.474. The lowest BCUT2D eigenvalue weighted by Gasteiger charge is -2.12. The van der Waals surface area contributed by atoms with Crippen LogP contribution in [0.25, 0.3) is 11.2 Å². The van der Waals surface area contributed by atoms with Gasteiger partial charge in [0.15, 0.2) is 28.5 Å². The average molecular weight is 372 g/mol. The Labute approximate surface area is 157 Å². The number of phenolic OH excluding ortho intramolecular Hbond substituents is 1. The maximum absolute atomic E-state index is 10.3. The molecule has 1 atom stereocenters. The molecule has 2 heterocycles. The highest BCUT2D eigenvalue weighted by Gasteiger charge is 2.14. The van der Waals surface area contributed by atoms with E-state index >= 15 is 0 Å². The van der Waals surface area contributed by atoms with E-state index in [1.54, 1.807) is 25.4 Å². The van der Waals surface area contributed by atoms with Crippen LogP contribution in [0, 0.1) is 0 Å². The molecule has 1 unspecified atom stereocenters. The van der Waals surface area contributed by atoms with E-state index in [-0.39, 0.29) is 5.75 Å². The minimum Gasteiger partial charge on any atom is -0.504 e. The van der Waals surface area contributed by atoms with Gasteiger partial charge in [0.25, 0.3) is 0 Å². The van der Waals surface area contributed by atoms with Crippen molar-refractivity contribution in [2.75, 3.05) is 24.3 Å². The maximum atomic E-state index is 10.3. The highest BCUT2D eigenvalue weighted by molar-refractivity contribution is 5.84. The molecule has 0 fully saturated rings. The number of imidazole rings is 1. The third-order valence-electron chi connectivity index (χ3n) is 4.11. The summed E-state index contributed by atoms with van der Waals surface area (Å²) in [5.74, 6) is 1.44. The normalized spacial score (nSPS) is 12.1. The second-order valence-corrected chi connectivity index (χ2v) is 6.15. The molecule has 3 aromatic rings. The second kappa shape index (κ2) is 8.09. The number of rotatable bonds is 8. The molecule has 2 aromatic heterocycles. The number of aromatic nitrogens is 4. The van der Waals surface area contributed by atoms with Crippen LogP contribution >= 0.6 is 0 Å². The Bertz CT molecular complexity index is 925. The van der Waals surface area contributed by atoms with Crippen LogP contribution < -0.4 is 15.4 Å². The molecule has 0 saturated heterocycles. The molecule has 0 aliphatic rings. The molecule has 9 nitrogen and oxygen atoms in total. The van der Waals surface area contributed by atoms with E-state index in [1.165, 1.54) is 7.11 Å². The molecule has 0 aliphatic heterocycles. The van der Waals surface area contributed by atoms with Crippen LogP contribution in [0.4, 0.5) is 11.8 Å². The summed E-state index contributed by atoms with van der Waals surface area (Å²) < 4.78 is 7.06. The Morgan fingerprint density at radius 3 is 2.78 bits per heavy atom. The molecule has 1 aromatic carbocycles. The first-order chi connectivity index (χ1) is 13.0. The summed E-state index contributed by atoms with van der Waals surface area (Å²) in [7, 11) is 1.51. The second-order valence-electron chi connectivity index (χ2n) is 6.15. The number of fused-ring (bicyclic) bond motifs is 1. The zero-order valence-electron chi connectivity index (χ0n) is 15.6. The van der Waals surface area contributed by atoms with Gasteiger partial charge in [0.1, 0.15) is 0 Å². The molecule has 0 bridgehead atoms. The van der Waals surface area contributed by atoms with Gasteiger partial charge in [0.05, 0.1) is 19.5 Å². The van der Waals surface area contributed by atoms with E-state index in [0.717, 1.165) is 6.54 Å². The smallest absolute Gasteiger partial charge is 0.226 e. The van der Waals surface area contributed by atoms with Gasteiger partial charge in [-0.2, -0.15) is 9.97 Å². The van der Waals surface area contributed by atoms with Gasteiger partial charge in [-0.05, 0) is 19.9 Å². The van der Waals surface area contributed by atoms with Crippen molar-refractivity contribution in [3.63, 3.8) is 0 Å². The van der Waals surface area contributed by atoms with E-state index in [9.17, 15) is 10.2 Å². The Morgan fingerprint density at radius 2 is 2.07 bits per heavy atom. The molecule has 0 radical (unpaired) electrons. The summed E-state index contributed by atoms with van der Waals surface area (Å²) in [6, 6.07) is 5.32. The van der Waals surface area contributed by atoms with Gasteiger partial charge >= 0.3 is 0 Å². The molecule has 0 amide bonds. The number of para-hydroxylation sites is 1. The number of nitrogens with zero attached hydrogens (tertiary/aromatic N) is 4. The summed E-state index contributed by atoms with van der Waals surface area (Å²) in [4.78, 5) is 13.4. The molecule has 144 valence electrons. The topological polar surface area (TPSA) is 117 Å². The minimum absolute atomic E-state index is 0.0874. The predicted molar refractivity (Wildman–Crippen MR) is 103 cm³/mol. The van der Waals surface area contributed by atoms with E-state index < -0.39 is 6.10 Å². The van der Waals surface area contributed by atoms with Gasteiger partial charge in [-0.3, -0.25) is 0 Å². The lowest BCUT2D eigenvalue weighted by atomic mass is 10.2. The van der Waals surface area contributed by atoms with E-state index in [1.807, 2.05) is 17.6 Å². The first-order valence-electron chi connectivity index (χ1n) is 8.77. The molecule has 3 rings (SSSR count). The standard InChI is InChI=1S/C18H24N6O3/c1-4-24-10-21-14-16(22-18(23-17(14)24)20-8-11(2)25)19-9-12-6-5-7-13(27-3)15(12)26/h5-7,10-11,25-26H,4,8-9H2,1-3H3,(H2,19,20,22,23). The Morgan fingerprint density at radius 1 is 1.26 bits per heavy atom. The lowest BCUT2D eigenvalue weighted by Crippen LogP contribution is -2.17. The van der Waals surface area contributed by atoms with Crippen LogP contribution in [-0.2, 0) is 13.1 Å². The van der Waals surface area contributed by atoms with Crippen molar-refractivity contribution < 1.29 is 14.9 Å². The molecule has 0 aliphatic carbocycles. The summed E-state index contributed by atoms with van der Waals surface area (Å²) >= 11 is 0. The number of hydrogen-bond acceptors (Lipinski definition) is 8. The summed E-state index contributed by atoms with van der Waals surface area (Å²) in [6.07, 6.45) is 1.19. The average Bonchev–Trinajstić information content (AvgIpc) is 3.08. The van der Waals surface area contributed by atoms with E-state index in [2.05, 4.69) is 25.6 Å². The van der Waals surface area contributed by atoms with Crippen LogP contribution in [0.1, 0.15) is 19.4 Å². The van der Waals surface area contributed by atoms with Crippen molar-refractivity contribution in [1.29, 1.82) is 0 Å². The SMILES string of the molecule is CCn1cnc2c(NCc3cccc(OC)c3O)nc(NCC(C)O)nc21. The van der Waals surface area contributed by atoms with Crippen molar-refractivity contribution in [3.8, 4) is 11.5 Å². The minimum atomic E-state index is -0.523. The van der Waals surface area contributed by atoms with Crippen molar-refractivity contribution in [2.45, 2.75) is 33.0 Å². The molecule has 9 heteroatoms. The third-order valence-corrected chi connectivity index (χ3v) is 4.11. The van der Waals surface area contributed by atoms with E-state index in [0.29, 0.717) is 47.3 Å². The van der Waals surface area contributed by atoms with Gasteiger partial charge in [-0.25, -0.2) is 4.98 Å². The zero-order valence-corrected chi connectivity index (χ0v) is 15.6. The Kier molecular flexibility index (Phi) is 5.60. The van der Waals surface area contributed by atoms with Crippen LogP contribution in [0.3, 0.4) is 0 Å². The molecule has 27 heavy (non-hydrogen) atoms. The number of nitrogens with one attached hydrogen (secondary N) is 2. The van der Waals surface area contributed by atoms with Gasteiger partial charge < -0.3 is 30.2 Å². The largest absolute Gasteiger partial charge is 0.504 e. The van der Waals surface area contributed by atoms with Crippen LogP contribution in [-0.4, -0.2) is 49.5 Å². The van der Waals surface area contributed by atoms with Crippen molar-refractivity contribution in [3.05, 3.63) is 30.1 Å². The number of anilines is 2. The van der Waals surface area contributed by atoms with Gasteiger partial charge in [-0.15, -0.1) is 0 Å². The molecular weight excluding hydrogens is 348 g/mol. The number of aryl methyl sites for hydroxylation is 1. The number of benzene rings is 1. The number of aromatic hydroxyl groups is 1. The molecular formula is C18H24N6O3. The fourth-order valence-corrected chi connectivity index (χ4v) is 2.67. The summed E-state index contributed by atoms with van der Waals surface area (Å²) in [6.45, 7) is 5.09. The summed E-state index contributed by atoms with van der Waals surface area (Å²) in [5, 5.41) is 26.0. The monoisotopic (exact) mass is 372 g/mol. The zero-order chi connectivity index (χ0) is 19.4. The molecule has 4 N–H and O–H groups in total. The number of aliphatic hydroxyl groups excluding tert-OH is 1. The summed E-state index contributed by atoms with van der Waals surface area (Å²) in [5.41, 5.74) is 2.01. The first-order valence-corrected chi connectivity index (χ1v) is 8.77. The molecule has 0 spiro atoms. The van der Waals surface area contributed by atoms with Crippen LogP contribution in [0.5, 0.6) is 11.5 Å². The van der Waals surface area contributed by atoms with Crippen molar-refractivity contribution in [2.24, 2.45) is 0 Å². The maximum Gasteiger partial charge on any atom is 0.226 e. The fourth-order valence-electron chi connectivity index (χ4n) is 2.67. The van der Waals surface area contributed by atoms with Crippen molar-refractivity contribution in [1.82, 2.24) is 19.5 Å². The van der Waals surface area contributed by atoms with Crippen molar-refractivity contribution >= 4 is 22.9 Å².